The minimum Gasteiger partial charge on any atom is -0.493 e. The second kappa shape index (κ2) is 8.24. The predicted molar refractivity (Wildman–Crippen MR) is 91.9 cm³/mol. The summed E-state index contributed by atoms with van der Waals surface area (Å²) in [6, 6.07) is 3.26. The molecule has 0 radical (unpaired) electrons. The van der Waals surface area contributed by atoms with Gasteiger partial charge in [0.05, 0.1) is 18.7 Å². The van der Waals surface area contributed by atoms with Gasteiger partial charge in [-0.1, -0.05) is 18.5 Å². The van der Waals surface area contributed by atoms with Crippen molar-refractivity contribution in [1.29, 1.82) is 0 Å². The number of benzene rings is 1. The largest absolute Gasteiger partial charge is 0.493 e. The number of carbonyl (C=O) groups is 2. The van der Waals surface area contributed by atoms with Gasteiger partial charge in [0.25, 0.3) is 5.91 Å². The summed E-state index contributed by atoms with van der Waals surface area (Å²) >= 11 is 6.27. The molecular formula is C17H23ClN2O4. The van der Waals surface area contributed by atoms with Crippen molar-refractivity contribution < 1.29 is 19.1 Å². The molecule has 6 nitrogen and oxygen atoms in total. The van der Waals surface area contributed by atoms with Crippen LogP contribution in [-0.2, 0) is 4.79 Å². The molecule has 132 valence electrons. The third-order valence-corrected chi connectivity index (χ3v) is 4.22. The van der Waals surface area contributed by atoms with E-state index in [4.69, 9.17) is 21.1 Å². The van der Waals surface area contributed by atoms with Crippen molar-refractivity contribution in [3.63, 3.8) is 0 Å². The van der Waals surface area contributed by atoms with E-state index in [1.807, 2.05) is 6.92 Å². The maximum absolute atomic E-state index is 12.7. The highest BCUT2D eigenvalue weighted by atomic mass is 35.5. The number of nitrogens with zero attached hydrogens (tertiary/aromatic N) is 2. The lowest BCUT2D eigenvalue weighted by atomic mass is 10.1. The Kier molecular flexibility index (Phi) is 6.31. The predicted octanol–water partition coefficient (Wildman–Crippen LogP) is 2.44. The molecule has 1 saturated heterocycles. The van der Waals surface area contributed by atoms with E-state index in [0.717, 1.165) is 6.42 Å². The molecule has 24 heavy (non-hydrogen) atoms. The van der Waals surface area contributed by atoms with Gasteiger partial charge in [0.15, 0.2) is 11.5 Å². The summed E-state index contributed by atoms with van der Waals surface area (Å²) in [4.78, 5) is 27.5. The van der Waals surface area contributed by atoms with Gasteiger partial charge in [-0.2, -0.15) is 0 Å². The highest BCUT2D eigenvalue weighted by Crippen LogP contribution is 2.36. The Hall–Kier alpha value is -1.95. The molecule has 2 rings (SSSR count). The molecule has 0 aliphatic carbocycles. The van der Waals surface area contributed by atoms with Crippen LogP contribution in [0.15, 0.2) is 12.1 Å². The van der Waals surface area contributed by atoms with Gasteiger partial charge in [-0.3, -0.25) is 9.59 Å². The molecule has 1 aromatic carbocycles. The standard InChI is InChI=1S/C17H23ClN2O4/c1-4-9-24-16-14(18)10-13(11-15(16)23-3)17(22)20-7-5-19(6-8-20)12(2)21/h10-11H,4-9H2,1-3H3. The van der Waals surface area contributed by atoms with Crippen molar-refractivity contribution in [3.05, 3.63) is 22.7 Å². The van der Waals surface area contributed by atoms with Crippen LogP contribution in [0.1, 0.15) is 30.6 Å². The summed E-state index contributed by atoms with van der Waals surface area (Å²) < 4.78 is 10.9. The summed E-state index contributed by atoms with van der Waals surface area (Å²) in [5, 5.41) is 0.355. The number of rotatable bonds is 5. The number of carbonyl (C=O) groups excluding carboxylic acids is 2. The quantitative estimate of drug-likeness (QED) is 0.815. The van der Waals surface area contributed by atoms with Gasteiger partial charge in [-0.15, -0.1) is 0 Å². The van der Waals surface area contributed by atoms with E-state index < -0.39 is 0 Å². The first-order chi connectivity index (χ1) is 11.5. The summed E-state index contributed by atoms with van der Waals surface area (Å²) in [6.07, 6.45) is 0.848. The van der Waals surface area contributed by atoms with Crippen LogP contribution in [0.4, 0.5) is 0 Å². The fourth-order valence-corrected chi connectivity index (χ4v) is 2.86. The van der Waals surface area contributed by atoms with Crippen molar-refractivity contribution in [2.24, 2.45) is 0 Å². The van der Waals surface area contributed by atoms with Crippen LogP contribution < -0.4 is 9.47 Å². The number of halogens is 1. The van der Waals surface area contributed by atoms with E-state index in [1.165, 1.54) is 14.0 Å². The Morgan fingerprint density at radius 2 is 1.79 bits per heavy atom. The van der Waals surface area contributed by atoms with E-state index in [1.54, 1.807) is 21.9 Å². The summed E-state index contributed by atoms with van der Waals surface area (Å²) in [5.41, 5.74) is 0.456. The number of piperazine rings is 1. The number of methoxy groups -OCH3 is 1. The van der Waals surface area contributed by atoms with Crippen molar-refractivity contribution in [1.82, 2.24) is 9.80 Å². The molecule has 0 spiro atoms. The third kappa shape index (κ3) is 4.12. The fourth-order valence-electron chi connectivity index (χ4n) is 2.59. The van der Waals surface area contributed by atoms with Gasteiger partial charge in [0.1, 0.15) is 0 Å². The zero-order valence-corrected chi connectivity index (χ0v) is 15.1. The topological polar surface area (TPSA) is 59.1 Å². The van der Waals surface area contributed by atoms with Gasteiger partial charge in [-0.25, -0.2) is 0 Å². The molecular weight excluding hydrogens is 332 g/mol. The molecule has 0 bridgehead atoms. The molecule has 1 aliphatic heterocycles. The molecule has 1 heterocycles. The Morgan fingerprint density at radius 3 is 2.33 bits per heavy atom. The number of ether oxygens (including phenoxy) is 2. The van der Waals surface area contributed by atoms with Crippen molar-refractivity contribution in [3.8, 4) is 11.5 Å². The van der Waals surface area contributed by atoms with Crippen LogP contribution in [0, 0.1) is 0 Å². The SMILES string of the molecule is CCCOc1c(Cl)cc(C(=O)N2CCN(C(C)=O)CC2)cc1OC. The average Bonchev–Trinajstić information content (AvgIpc) is 2.59. The lowest BCUT2D eigenvalue weighted by Crippen LogP contribution is -2.50. The third-order valence-electron chi connectivity index (χ3n) is 3.94. The second-order valence-corrected chi connectivity index (χ2v) is 6.04. The lowest BCUT2D eigenvalue weighted by molar-refractivity contribution is -0.130. The average molecular weight is 355 g/mol. The van der Waals surface area contributed by atoms with E-state index >= 15 is 0 Å². The summed E-state index contributed by atoms with van der Waals surface area (Å²) in [5.74, 6) is 0.810. The Labute approximate surface area is 147 Å². The molecule has 0 aromatic heterocycles. The van der Waals surface area contributed by atoms with Gasteiger partial charge in [0.2, 0.25) is 5.91 Å². The second-order valence-electron chi connectivity index (χ2n) is 5.64. The van der Waals surface area contributed by atoms with Crippen LogP contribution in [-0.4, -0.2) is 61.5 Å². The van der Waals surface area contributed by atoms with Crippen LogP contribution in [0.5, 0.6) is 11.5 Å². The molecule has 1 aliphatic rings. The van der Waals surface area contributed by atoms with Crippen LogP contribution in [0.3, 0.4) is 0 Å². The number of hydrogen-bond donors (Lipinski definition) is 0. The van der Waals surface area contributed by atoms with Gasteiger partial charge in [0, 0.05) is 38.7 Å². The lowest BCUT2D eigenvalue weighted by Gasteiger charge is -2.34. The Balaban J connectivity index is 2.15. The van der Waals surface area contributed by atoms with Gasteiger partial charge < -0.3 is 19.3 Å². The molecule has 1 fully saturated rings. The van der Waals surface area contributed by atoms with Crippen LogP contribution in [0.25, 0.3) is 0 Å². The molecule has 7 heteroatoms. The molecule has 1 aromatic rings. The molecule has 0 atom stereocenters. The van der Waals surface area contributed by atoms with Crippen molar-refractivity contribution >= 4 is 23.4 Å². The number of amides is 2. The van der Waals surface area contributed by atoms with E-state index in [-0.39, 0.29) is 11.8 Å². The van der Waals surface area contributed by atoms with Gasteiger partial charge >= 0.3 is 0 Å². The van der Waals surface area contributed by atoms with Crippen LogP contribution in [0.2, 0.25) is 5.02 Å². The highest BCUT2D eigenvalue weighted by Gasteiger charge is 2.25. The molecule has 0 N–H and O–H groups in total. The first-order valence-electron chi connectivity index (χ1n) is 8.03. The van der Waals surface area contributed by atoms with Gasteiger partial charge in [-0.05, 0) is 18.6 Å². The molecule has 0 unspecified atom stereocenters. The maximum atomic E-state index is 12.7. The van der Waals surface area contributed by atoms with Crippen molar-refractivity contribution in [2.75, 3.05) is 39.9 Å². The molecule has 2 amide bonds. The van der Waals surface area contributed by atoms with E-state index in [2.05, 4.69) is 0 Å². The minimum absolute atomic E-state index is 0.0317. The normalized spacial score (nSPS) is 14.5. The first-order valence-corrected chi connectivity index (χ1v) is 8.40. The fraction of sp³-hybridized carbons (Fsp3) is 0.529. The maximum Gasteiger partial charge on any atom is 0.254 e. The summed E-state index contributed by atoms with van der Waals surface area (Å²) in [6.45, 7) is 6.17. The Morgan fingerprint density at radius 1 is 1.17 bits per heavy atom. The zero-order valence-electron chi connectivity index (χ0n) is 14.3. The van der Waals surface area contributed by atoms with E-state index in [9.17, 15) is 9.59 Å². The molecule has 0 saturated carbocycles. The first kappa shape index (κ1) is 18.4. The number of hydrogen-bond acceptors (Lipinski definition) is 4. The van der Waals surface area contributed by atoms with Crippen LogP contribution >= 0.6 is 11.6 Å². The minimum atomic E-state index is -0.125. The summed E-state index contributed by atoms with van der Waals surface area (Å²) in [7, 11) is 1.52. The van der Waals surface area contributed by atoms with Crippen molar-refractivity contribution in [2.45, 2.75) is 20.3 Å². The monoisotopic (exact) mass is 354 g/mol. The Bertz CT molecular complexity index is 613. The highest BCUT2D eigenvalue weighted by molar-refractivity contribution is 6.32. The van der Waals surface area contributed by atoms with E-state index in [0.29, 0.717) is 54.9 Å². The zero-order chi connectivity index (χ0) is 17.7. The smallest absolute Gasteiger partial charge is 0.254 e.